The fourth-order valence-corrected chi connectivity index (χ4v) is 3.01. The van der Waals surface area contributed by atoms with Gasteiger partial charge >= 0.3 is 0 Å². The van der Waals surface area contributed by atoms with Crippen LogP contribution in [0.1, 0.15) is 17.3 Å². The molecule has 1 aromatic heterocycles. The van der Waals surface area contributed by atoms with Gasteiger partial charge in [0, 0.05) is 24.3 Å². The predicted octanol–water partition coefficient (Wildman–Crippen LogP) is 1.23. The SMILES string of the molecule is CN1C(=O)CC(CN)C1c1cccs1. The Morgan fingerprint density at radius 3 is 3.07 bits per heavy atom. The fraction of sp³-hybridized carbons (Fsp3) is 0.500. The molecule has 2 rings (SSSR count). The van der Waals surface area contributed by atoms with E-state index in [1.165, 1.54) is 4.88 Å². The highest BCUT2D eigenvalue weighted by Gasteiger charge is 2.37. The van der Waals surface area contributed by atoms with Crippen molar-refractivity contribution in [2.45, 2.75) is 12.5 Å². The van der Waals surface area contributed by atoms with Gasteiger partial charge in [-0.25, -0.2) is 0 Å². The van der Waals surface area contributed by atoms with Crippen LogP contribution in [0.4, 0.5) is 0 Å². The smallest absolute Gasteiger partial charge is 0.223 e. The number of hydrogen-bond donors (Lipinski definition) is 1. The number of carbonyl (C=O) groups excluding carboxylic acids is 1. The second kappa shape index (κ2) is 3.71. The summed E-state index contributed by atoms with van der Waals surface area (Å²) in [6.45, 7) is 0.582. The summed E-state index contributed by atoms with van der Waals surface area (Å²) in [5.41, 5.74) is 5.68. The van der Waals surface area contributed by atoms with Crippen LogP contribution in [0.3, 0.4) is 0 Å². The zero-order valence-electron chi connectivity index (χ0n) is 8.14. The molecule has 1 saturated heterocycles. The number of amides is 1. The van der Waals surface area contributed by atoms with E-state index in [1.54, 1.807) is 11.3 Å². The second-order valence-electron chi connectivity index (χ2n) is 3.66. The van der Waals surface area contributed by atoms with Crippen molar-refractivity contribution in [1.29, 1.82) is 0 Å². The van der Waals surface area contributed by atoms with E-state index in [4.69, 9.17) is 5.73 Å². The van der Waals surface area contributed by atoms with Crippen molar-refractivity contribution in [2.24, 2.45) is 11.7 Å². The Bertz CT molecular complexity index is 323. The third-order valence-corrected chi connectivity index (χ3v) is 3.77. The molecule has 1 aromatic rings. The van der Waals surface area contributed by atoms with Crippen molar-refractivity contribution < 1.29 is 4.79 Å². The average molecular weight is 210 g/mol. The molecular weight excluding hydrogens is 196 g/mol. The summed E-state index contributed by atoms with van der Waals surface area (Å²) < 4.78 is 0. The maximum absolute atomic E-state index is 11.5. The molecule has 2 N–H and O–H groups in total. The highest BCUT2D eigenvalue weighted by atomic mass is 32.1. The van der Waals surface area contributed by atoms with Gasteiger partial charge in [0.25, 0.3) is 0 Å². The van der Waals surface area contributed by atoms with Gasteiger partial charge < -0.3 is 10.6 Å². The van der Waals surface area contributed by atoms with E-state index in [9.17, 15) is 4.79 Å². The van der Waals surface area contributed by atoms with E-state index < -0.39 is 0 Å². The molecule has 1 amide bonds. The molecule has 0 radical (unpaired) electrons. The Kier molecular flexibility index (Phi) is 2.56. The summed E-state index contributed by atoms with van der Waals surface area (Å²) in [6.07, 6.45) is 0.593. The predicted molar refractivity (Wildman–Crippen MR) is 57.0 cm³/mol. The molecule has 1 aliphatic rings. The van der Waals surface area contributed by atoms with Crippen LogP contribution in [0.2, 0.25) is 0 Å². The normalized spacial score (nSPS) is 27.3. The maximum Gasteiger partial charge on any atom is 0.223 e. The third kappa shape index (κ3) is 1.44. The molecule has 0 spiro atoms. The number of nitrogens with two attached hydrogens (primary N) is 1. The molecule has 0 aliphatic carbocycles. The zero-order valence-corrected chi connectivity index (χ0v) is 8.96. The lowest BCUT2D eigenvalue weighted by Gasteiger charge is -2.22. The minimum Gasteiger partial charge on any atom is -0.338 e. The molecule has 2 heterocycles. The first kappa shape index (κ1) is 9.68. The van der Waals surface area contributed by atoms with Gasteiger partial charge in [-0.1, -0.05) is 6.07 Å². The molecule has 0 saturated carbocycles. The van der Waals surface area contributed by atoms with Crippen molar-refractivity contribution >= 4 is 17.2 Å². The lowest BCUT2D eigenvalue weighted by molar-refractivity contribution is -0.127. The van der Waals surface area contributed by atoms with E-state index in [1.807, 2.05) is 23.4 Å². The summed E-state index contributed by atoms with van der Waals surface area (Å²) in [5, 5.41) is 2.04. The summed E-state index contributed by atoms with van der Waals surface area (Å²) in [4.78, 5) is 14.6. The molecular formula is C10H14N2OS. The lowest BCUT2D eigenvalue weighted by Crippen LogP contribution is -2.25. The molecule has 1 aliphatic heterocycles. The quantitative estimate of drug-likeness (QED) is 0.798. The molecule has 14 heavy (non-hydrogen) atoms. The van der Waals surface area contributed by atoms with Gasteiger partial charge in [0.1, 0.15) is 0 Å². The highest BCUT2D eigenvalue weighted by Crippen LogP contribution is 2.38. The molecule has 76 valence electrons. The van der Waals surface area contributed by atoms with Crippen molar-refractivity contribution in [3.05, 3.63) is 22.4 Å². The molecule has 3 nitrogen and oxygen atoms in total. The lowest BCUT2D eigenvalue weighted by atomic mass is 9.99. The minimum absolute atomic E-state index is 0.201. The van der Waals surface area contributed by atoms with E-state index >= 15 is 0 Å². The summed E-state index contributed by atoms with van der Waals surface area (Å²) in [5.74, 6) is 0.491. The van der Waals surface area contributed by atoms with Gasteiger partial charge in [-0.15, -0.1) is 11.3 Å². The Morgan fingerprint density at radius 1 is 1.71 bits per heavy atom. The third-order valence-electron chi connectivity index (χ3n) is 2.83. The van der Waals surface area contributed by atoms with Crippen LogP contribution in [-0.4, -0.2) is 24.4 Å². The number of hydrogen-bond acceptors (Lipinski definition) is 3. The van der Waals surface area contributed by atoms with Crippen LogP contribution < -0.4 is 5.73 Å². The first-order valence-corrected chi connectivity index (χ1v) is 5.61. The Labute approximate surface area is 87.5 Å². The Hall–Kier alpha value is -0.870. The number of thiophene rings is 1. The van der Waals surface area contributed by atoms with Crippen LogP contribution in [-0.2, 0) is 4.79 Å². The van der Waals surface area contributed by atoms with E-state index in [0.717, 1.165) is 0 Å². The highest BCUT2D eigenvalue weighted by molar-refractivity contribution is 7.10. The van der Waals surface area contributed by atoms with Gasteiger partial charge in [0.15, 0.2) is 0 Å². The van der Waals surface area contributed by atoms with Gasteiger partial charge in [0.05, 0.1) is 6.04 Å². The first-order valence-electron chi connectivity index (χ1n) is 4.73. The largest absolute Gasteiger partial charge is 0.338 e. The standard InChI is InChI=1S/C10H14N2OS/c1-12-9(13)5-7(6-11)10(12)8-3-2-4-14-8/h2-4,7,10H,5-6,11H2,1H3. The number of likely N-dealkylation sites (tertiary alicyclic amines) is 1. The van der Waals surface area contributed by atoms with Gasteiger partial charge in [-0.05, 0) is 18.0 Å². The van der Waals surface area contributed by atoms with Crippen molar-refractivity contribution in [2.75, 3.05) is 13.6 Å². The van der Waals surface area contributed by atoms with Gasteiger partial charge in [0.2, 0.25) is 5.91 Å². The van der Waals surface area contributed by atoms with Gasteiger partial charge in [-0.2, -0.15) is 0 Å². The van der Waals surface area contributed by atoms with Gasteiger partial charge in [-0.3, -0.25) is 4.79 Å². The molecule has 0 aromatic carbocycles. The summed E-state index contributed by atoms with van der Waals surface area (Å²) in [7, 11) is 1.86. The molecule has 2 unspecified atom stereocenters. The average Bonchev–Trinajstić information content (AvgIpc) is 2.76. The summed E-state index contributed by atoms with van der Waals surface area (Å²) in [6, 6.07) is 4.30. The molecule has 2 atom stereocenters. The van der Waals surface area contributed by atoms with Crippen LogP contribution in [0.15, 0.2) is 17.5 Å². The van der Waals surface area contributed by atoms with Crippen LogP contribution in [0.5, 0.6) is 0 Å². The van der Waals surface area contributed by atoms with E-state index in [2.05, 4.69) is 6.07 Å². The molecule has 0 bridgehead atoms. The van der Waals surface area contributed by atoms with E-state index in [-0.39, 0.29) is 17.9 Å². The molecule has 1 fully saturated rings. The number of nitrogens with zero attached hydrogens (tertiary/aromatic N) is 1. The van der Waals surface area contributed by atoms with Crippen LogP contribution in [0.25, 0.3) is 0 Å². The van der Waals surface area contributed by atoms with E-state index in [0.29, 0.717) is 13.0 Å². The Balaban J connectivity index is 2.28. The monoisotopic (exact) mass is 210 g/mol. The minimum atomic E-state index is 0.201. The van der Waals surface area contributed by atoms with Crippen molar-refractivity contribution in [1.82, 2.24) is 4.90 Å². The van der Waals surface area contributed by atoms with Crippen molar-refractivity contribution in [3.63, 3.8) is 0 Å². The number of carbonyl (C=O) groups is 1. The molecule has 4 heteroatoms. The topological polar surface area (TPSA) is 46.3 Å². The fourth-order valence-electron chi connectivity index (χ4n) is 2.05. The zero-order chi connectivity index (χ0) is 10.1. The Morgan fingerprint density at radius 2 is 2.50 bits per heavy atom. The summed E-state index contributed by atoms with van der Waals surface area (Å²) >= 11 is 1.70. The second-order valence-corrected chi connectivity index (χ2v) is 4.64. The van der Waals surface area contributed by atoms with Crippen LogP contribution >= 0.6 is 11.3 Å². The van der Waals surface area contributed by atoms with Crippen LogP contribution in [0, 0.1) is 5.92 Å². The number of rotatable bonds is 2. The first-order chi connectivity index (χ1) is 6.74. The maximum atomic E-state index is 11.5. The van der Waals surface area contributed by atoms with Crippen molar-refractivity contribution in [3.8, 4) is 0 Å².